The summed E-state index contributed by atoms with van der Waals surface area (Å²) >= 11 is 1.68. The number of amides is 2. The second kappa shape index (κ2) is 9.59. The van der Waals surface area contributed by atoms with Crippen molar-refractivity contribution in [1.82, 2.24) is 15.1 Å². The molecule has 0 radical (unpaired) electrons. The molecule has 0 saturated carbocycles. The Labute approximate surface area is 155 Å². The molecule has 0 bridgehead atoms. The number of hydrogen-bond donors (Lipinski definition) is 1. The van der Waals surface area contributed by atoms with Crippen LogP contribution in [0, 0.1) is 0 Å². The molecule has 1 N–H and O–H groups in total. The number of likely N-dealkylation sites (N-methyl/N-ethyl adjacent to an activating group) is 1. The van der Waals surface area contributed by atoms with Crippen LogP contribution < -0.4 is 5.32 Å². The van der Waals surface area contributed by atoms with Crippen molar-refractivity contribution in [3.8, 4) is 0 Å². The van der Waals surface area contributed by atoms with Gasteiger partial charge in [0.25, 0.3) is 0 Å². The van der Waals surface area contributed by atoms with Gasteiger partial charge in [-0.2, -0.15) is 0 Å². The van der Waals surface area contributed by atoms with Gasteiger partial charge in [0.1, 0.15) is 0 Å². The highest BCUT2D eigenvalue weighted by Crippen LogP contribution is 2.24. The van der Waals surface area contributed by atoms with Gasteiger partial charge in [-0.25, -0.2) is 4.79 Å². The summed E-state index contributed by atoms with van der Waals surface area (Å²) in [5.41, 5.74) is 1.24. The van der Waals surface area contributed by atoms with E-state index in [1.807, 2.05) is 24.6 Å². The lowest BCUT2D eigenvalue weighted by Gasteiger charge is -2.31. The van der Waals surface area contributed by atoms with Crippen molar-refractivity contribution in [1.29, 1.82) is 0 Å². The summed E-state index contributed by atoms with van der Waals surface area (Å²) in [5.74, 6) is 0. The van der Waals surface area contributed by atoms with Crippen LogP contribution in [0.5, 0.6) is 0 Å². The fourth-order valence-corrected chi connectivity index (χ4v) is 3.83. The van der Waals surface area contributed by atoms with Crippen LogP contribution in [0.4, 0.5) is 4.79 Å². The van der Waals surface area contributed by atoms with Gasteiger partial charge in [-0.1, -0.05) is 50.2 Å². The molecule has 2 atom stereocenters. The van der Waals surface area contributed by atoms with Gasteiger partial charge in [0.2, 0.25) is 0 Å². The van der Waals surface area contributed by atoms with E-state index in [0.29, 0.717) is 6.54 Å². The molecule has 0 aliphatic carbocycles. The summed E-state index contributed by atoms with van der Waals surface area (Å²) in [6.45, 7) is 8.88. The van der Waals surface area contributed by atoms with E-state index >= 15 is 0 Å². The fourth-order valence-electron chi connectivity index (χ4n) is 3.00. The Morgan fingerprint density at radius 3 is 2.36 bits per heavy atom. The van der Waals surface area contributed by atoms with E-state index in [0.717, 1.165) is 13.1 Å². The van der Waals surface area contributed by atoms with Crippen LogP contribution in [0.3, 0.4) is 0 Å². The molecule has 1 aromatic heterocycles. The number of benzene rings is 1. The van der Waals surface area contributed by atoms with Crippen molar-refractivity contribution < 1.29 is 4.79 Å². The molecule has 4 nitrogen and oxygen atoms in total. The molecule has 2 unspecified atom stereocenters. The molecule has 0 fully saturated rings. The van der Waals surface area contributed by atoms with Crippen LogP contribution in [0.15, 0.2) is 47.8 Å². The molecule has 5 heteroatoms. The third-order valence-corrected chi connectivity index (χ3v) is 5.78. The molecule has 1 aromatic carbocycles. The van der Waals surface area contributed by atoms with Crippen molar-refractivity contribution in [2.75, 3.05) is 26.7 Å². The quantitative estimate of drug-likeness (QED) is 0.751. The Balaban J connectivity index is 2.03. The SMILES string of the molecule is CCN(CC)C(CNC(=O)N(C)C(C)c1cccs1)c1ccccc1. The maximum atomic E-state index is 12.6. The Kier molecular flexibility index (Phi) is 7.47. The first-order valence-electron chi connectivity index (χ1n) is 8.91. The van der Waals surface area contributed by atoms with Crippen LogP contribution in [0.25, 0.3) is 0 Å². The average molecular weight is 360 g/mol. The summed E-state index contributed by atoms with van der Waals surface area (Å²) in [7, 11) is 1.86. The van der Waals surface area contributed by atoms with Crippen molar-refractivity contribution in [2.45, 2.75) is 32.9 Å². The molecule has 2 rings (SSSR count). The molecule has 0 aliphatic rings. The lowest BCUT2D eigenvalue weighted by molar-refractivity contribution is 0.180. The first-order valence-corrected chi connectivity index (χ1v) is 9.79. The summed E-state index contributed by atoms with van der Waals surface area (Å²) in [6, 6.07) is 14.7. The van der Waals surface area contributed by atoms with Gasteiger partial charge >= 0.3 is 6.03 Å². The first kappa shape index (κ1) is 19.5. The predicted octanol–water partition coefficient (Wildman–Crippen LogP) is 4.53. The number of nitrogens with one attached hydrogen (secondary N) is 1. The number of nitrogens with zero attached hydrogens (tertiary/aromatic N) is 2. The Hall–Kier alpha value is -1.85. The smallest absolute Gasteiger partial charge is 0.317 e. The molecule has 0 aliphatic heterocycles. The minimum absolute atomic E-state index is 0.0333. The molecule has 0 spiro atoms. The van der Waals surface area contributed by atoms with Crippen molar-refractivity contribution in [3.63, 3.8) is 0 Å². The highest BCUT2D eigenvalue weighted by molar-refractivity contribution is 7.10. The third kappa shape index (κ3) is 5.06. The number of urea groups is 1. The second-order valence-corrected chi connectivity index (χ2v) is 7.12. The minimum atomic E-state index is -0.0333. The highest BCUT2D eigenvalue weighted by atomic mass is 32.1. The summed E-state index contributed by atoms with van der Waals surface area (Å²) in [5, 5.41) is 5.17. The average Bonchev–Trinajstić information content (AvgIpc) is 3.19. The van der Waals surface area contributed by atoms with Gasteiger partial charge in [-0.3, -0.25) is 4.90 Å². The summed E-state index contributed by atoms with van der Waals surface area (Å²) in [6.07, 6.45) is 0. The van der Waals surface area contributed by atoms with E-state index in [1.165, 1.54) is 10.4 Å². The zero-order valence-electron chi connectivity index (χ0n) is 15.6. The first-order chi connectivity index (χ1) is 12.1. The Bertz CT molecular complexity index is 626. The van der Waals surface area contributed by atoms with Crippen molar-refractivity contribution in [2.24, 2.45) is 0 Å². The van der Waals surface area contributed by atoms with Crippen LogP contribution in [0.2, 0.25) is 0 Å². The third-order valence-electron chi connectivity index (χ3n) is 4.74. The zero-order chi connectivity index (χ0) is 18.2. The molecule has 2 aromatic rings. The van der Waals surface area contributed by atoms with Gasteiger partial charge in [0.15, 0.2) is 0 Å². The van der Waals surface area contributed by atoms with E-state index in [1.54, 1.807) is 16.2 Å². The number of rotatable bonds is 8. The molecule has 2 amide bonds. The second-order valence-electron chi connectivity index (χ2n) is 6.14. The topological polar surface area (TPSA) is 35.6 Å². The van der Waals surface area contributed by atoms with E-state index in [9.17, 15) is 4.79 Å². The highest BCUT2D eigenvalue weighted by Gasteiger charge is 2.22. The van der Waals surface area contributed by atoms with Crippen LogP contribution in [0.1, 0.15) is 43.3 Å². The minimum Gasteiger partial charge on any atom is -0.336 e. The zero-order valence-corrected chi connectivity index (χ0v) is 16.4. The monoisotopic (exact) mass is 359 g/mol. The Morgan fingerprint density at radius 2 is 1.80 bits per heavy atom. The number of carbonyl (C=O) groups excluding carboxylic acids is 1. The van der Waals surface area contributed by atoms with E-state index < -0.39 is 0 Å². The van der Waals surface area contributed by atoms with Crippen LogP contribution in [-0.2, 0) is 0 Å². The van der Waals surface area contributed by atoms with Gasteiger partial charge in [-0.05, 0) is 37.0 Å². The standard InChI is InChI=1S/C20H29N3OS/c1-5-23(6-2)18(17-11-8-7-9-12-17)15-21-20(24)22(4)16(3)19-13-10-14-25-19/h7-14,16,18H,5-6,15H2,1-4H3,(H,21,24). The molecule has 136 valence electrons. The van der Waals surface area contributed by atoms with Crippen molar-refractivity contribution in [3.05, 3.63) is 58.3 Å². The van der Waals surface area contributed by atoms with Crippen LogP contribution >= 0.6 is 11.3 Å². The summed E-state index contributed by atoms with van der Waals surface area (Å²) in [4.78, 5) is 18.0. The maximum absolute atomic E-state index is 12.6. The van der Waals surface area contributed by atoms with Gasteiger partial charge in [0, 0.05) is 18.5 Å². The number of carbonyl (C=O) groups is 1. The lowest BCUT2D eigenvalue weighted by atomic mass is 10.1. The Morgan fingerprint density at radius 1 is 1.12 bits per heavy atom. The van der Waals surface area contributed by atoms with Gasteiger partial charge in [-0.15, -0.1) is 11.3 Å². The molecular formula is C20H29N3OS. The van der Waals surface area contributed by atoms with Crippen molar-refractivity contribution >= 4 is 17.4 Å². The van der Waals surface area contributed by atoms with E-state index in [-0.39, 0.29) is 18.1 Å². The van der Waals surface area contributed by atoms with Gasteiger partial charge in [0.05, 0.1) is 12.1 Å². The number of hydrogen-bond acceptors (Lipinski definition) is 3. The van der Waals surface area contributed by atoms with Gasteiger partial charge < -0.3 is 10.2 Å². The van der Waals surface area contributed by atoms with E-state index in [4.69, 9.17) is 0 Å². The lowest BCUT2D eigenvalue weighted by Crippen LogP contribution is -2.43. The fraction of sp³-hybridized carbons (Fsp3) is 0.450. The summed E-state index contributed by atoms with van der Waals surface area (Å²) < 4.78 is 0. The largest absolute Gasteiger partial charge is 0.336 e. The number of thiophene rings is 1. The molecular weight excluding hydrogens is 330 g/mol. The predicted molar refractivity (Wildman–Crippen MR) is 106 cm³/mol. The molecule has 25 heavy (non-hydrogen) atoms. The molecule has 1 heterocycles. The normalized spacial score (nSPS) is 13.5. The molecule has 0 saturated heterocycles. The maximum Gasteiger partial charge on any atom is 0.317 e. The van der Waals surface area contributed by atoms with Crippen LogP contribution in [-0.4, -0.2) is 42.5 Å². The van der Waals surface area contributed by atoms with E-state index in [2.05, 4.69) is 61.3 Å².